The lowest BCUT2D eigenvalue weighted by Gasteiger charge is -2.49. The second-order valence-electron chi connectivity index (χ2n) is 10.7. The first-order valence-corrected chi connectivity index (χ1v) is 14.1. The van der Waals surface area contributed by atoms with E-state index in [1.54, 1.807) is 10.6 Å². The minimum atomic E-state index is -0.310. The molecular formula is C27H40P2. The zero-order valence-corrected chi connectivity index (χ0v) is 21.3. The molecule has 1 fully saturated rings. The van der Waals surface area contributed by atoms with Gasteiger partial charge >= 0.3 is 0 Å². The third-order valence-electron chi connectivity index (χ3n) is 6.40. The summed E-state index contributed by atoms with van der Waals surface area (Å²) < 4.78 is 0. The molecule has 0 aliphatic heterocycles. The van der Waals surface area contributed by atoms with Crippen LogP contribution in [0.2, 0.25) is 0 Å². The average molecular weight is 427 g/mol. The van der Waals surface area contributed by atoms with E-state index in [0.717, 1.165) is 17.2 Å². The molecule has 0 saturated heterocycles. The molecule has 0 radical (unpaired) electrons. The van der Waals surface area contributed by atoms with Crippen LogP contribution < -0.4 is 10.6 Å². The Hall–Kier alpha value is -0.700. The molecular weight excluding hydrogens is 386 g/mol. The molecule has 1 aliphatic carbocycles. The van der Waals surface area contributed by atoms with Crippen LogP contribution in [-0.4, -0.2) is 21.6 Å². The first kappa shape index (κ1) is 23.0. The first-order chi connectivity index (χ1) is 13.6. The van der Waals surface area contributed by atoms with Crippen LogP contribution >= 0.6 is 15.8 Å². The Labute approximate surface area is 182 Å². The molecule has 2 aromatic rings. The van der Waals surface area contributed by atoms with Crippen LogP contribution in [0.25, 0.3) is 0 Å². The SMILES string of the molecule is C[C@@H](C1CCC[C@H]1P(c1ccccc1)c1ccccc1)P(C(C)(C)C)C(C)(C)C. The van der Waals surface area contributed by atoms with Crippen molar-refractivity contribution in [2.24, 2.45) is 5.92 Å². The first-order valence-electron chi connectivity index (χ1n) is 11.3. The van der Waals surface area contributed by atoms with E-state index in [-0.39, 0.29) is 15.8 Å². The molecule has 1 unspecified atom stereocenters. The molecule has 158 valence electrons. The third kappa shape index (κ3) is 5.32. The van der Waals surface area contributed by atoms with E-state index < -0.39 is 0 Å². The maximum Gasteiger partial charge on any atom is -0.00945 e. The van der Waals surface area contributed by atoms with Gasteiger partial charge in [-0.3, -0.25) is 0 Å². The lowest BCUT2D eigenvalue weighted by atomic mass is 10.0. The van der Waals surface area contributed by atoms with Crippen molar-refractivity contribution in [2.45, 2.75) is 89.4 Å². The summed E-state index contributed by atoms with van der Waals surface area (Å²) in [6.45, 7) is 17.5. The second kappa shape index (κ2) is 9.20. The summed E-state index contributed by atoms with van der Waals surface area (Å²) in [5.74, 6) is 0.839. The van der Waals surface area contributed by atoms with Crippen LogP contribution in [0.1, 0.15) is 67.7 Å². The predicted octanol–water partition coefficient (Wildman–Crippen LogP) is 7.76. The molecule has 0 amide bonds. The molecule has 2 heteroatoms. The van der Waals surface area contributed by atoms with Crippen LogP contribution in [0, 0.1) is 5.92 Å². The maximum absolute atomic E-state index is 2.61. The van der Waals surface area contributed by atoms with Crippen molar-refractivity contribution in [1.82, 2.24) is 0 Å². The maximum atomic E-state index is 2.61. The highest BCUT2D eigenvalue weighted by Crippen LogP contribution is 2.67. The predicted molar refractivity (Wildman–Crippen MR) is 136 cm³/mol. The summed E-state index contributed by atoms with van der Waals surface area (Å²) in [5.41, 5.74) is 1.61. The number of rotatable bonds is 5. The van der Waals surface area contributed by atoms with E-state index in [1.165, 1.54) is 19.3 Å². The Morgan fingerprint density at radius 1 is 0.724 bits per heavy atom. The van der Waals surface area contributed by atoms with Gasteiger partial charge in [0, 0.05) is 0 Å². The summed E-state index contributed by atoms with van der Waals surface area (Å²) in [4.78, 5) is 0. The zero-order valence-electron chi connectivity index (χ0n) is 19.5. The molecule has 3 atom stereocenters. The monoisotopic (exact) mass is 426 g/mol. The van der Waals surface area contributed by atoms with Crippen molar-refractivity contribution in [3.8, 4) is 0 Å². The van der Waals surface area contributed by atoms with Crippen molar-refractivity contribution < 1.29 is 0 Å². The van der Waals surface area contributed by atoms with Gasteiger partial charge < -0.3 is 0 Å². The Kier molecular flexibility index (Phi) is 7.29. The van der Waals surface area contributed by atoms with Gasteiger partial charge in [-0.1, -0.05) is 123 Å². The Morgan fingerprint density at radius 3 is 1.59 bits per heavy atom. The summed E-state index contributed by atoms with van der Waals surface area (Å²) in [7, 11) is -0.404. The average Bonchev–Trinajstić information content (AvgIpc) is 3.11. The molecule has 29 heavy (non-hydrogen) atoms. The standard InChI is InChI=1S/C27H40P2/c1-21(29(26(2,3)4)27(5,6)7)24-19-14-20-25(24)28(22-15-10-8-11-16-22)23-17-12-9-13-18-23/h8-13,15-18,21,24-25H,14,19-20H2,1-7H3/t21-,24?,25+/m0/s1. The molecule has 1 saturated carbocycles. The summed E-state index contributed by atoms with van der Waals surface area (Å²) >= 11 is 0. The second-order valence-corrected chi connectivity index (χ2v) is 17.3. The largest absolute Gasteiger partial charge is 0.0924 e. The summed E-state index contributed by atoms with van der Waals surface area (Å²) in [5, 5.41) is 3.91. The van der Waals surface area contributed by atoms with Crippen LogP contribution in [0.15, 0.2) is 60.7 Å². The molecule has 0 aromatic heterocycles. The Balaban J connectivity index is 2.00. The molecule has 0 nitrogen and oxygen atoms in total. The quantitative estimate of drug-likeness (QED) is 0.429. The van der Waals surface area contributed by atoms with Gasteiger partial charge in [0.15, 0.2) is 0 Å². The molecule has 1 aliphatic rings. The van der Waals surface area contributed by atoms with E-state index >= 15 is 0 Å². The van der Waals surface area contributed by atoms with Crippen molar-refractivity contribution in [3.05, 3.63) is 60.7 Å². The van der Waals surface area contributed by atoms with E-state index in [0.29, 0.717) is 10.3 Å². The molecule has 0 heterocycles. The summed E-state index contributed by atoms with van der Waals surface area (Å²) in [6, 6.07) is 22.8. The summed E-state index contributed by atoms with van der Waals surface area (Å²) in [6.07, 6.45) is 4.20. The van der Waals surface area contributed by atoms with E-state index in [2.05, 4.69) is 109 Å². The molecule has 0 bridgehead atoms. The fourth-order valence-corrected chi connectivity index (χ4v) is 14.6. The van der Waals surface area contributed by atoms with Crippen LogP contribution in [0.4, 0.5) is 0 Å². The van der Waals surface area contributed by atoms with Crippen LogP contribution in [0.5, 0.6) is 0 Å². The minimum Gasteiger partial charge on any atom is -0.0924 e. The lowest BCUT2D eigenvalue weighted by Crippen LogP contribution is -2.37. The highest BCUT2D eigenvalue weighted by molar-refractivity contribution is 7.73. The third-order valence-corrected chi connectivity index (χ3v) is 13.5. The van der Waals surface area contributed by atoms with Crippen LogP contribution in [-0.2, 0) is 0 Å². The fraction of sp³-hybridized carbons (Fsp3) is 0.556. The van der Waals surface area contributed by atoms with Gasteiger partial charge in [-0.2, -0.15) is 0 Å². The van der Waals surface area contributed by atoms with E-state index in [1.807, 2.05) is 0 Å². The van der Waals surface area contributed by atoms with Crippen molar-refractivity contribution in [2.75, 3.05) is 0 Å². The Bertz CT molecular complexity index is 701. The fourth-order valence-electron chi connectivity index (χ4n) is 5.98. The van der Waals surface area contributed by atoms with Gasteiger partial charge in [0.2, 0.25) is 0 Å². The van der Waals surface area contributed by atoms with Gasteiger partial charge in [-0.05, 0) is 58.9 Å². The normalized spacial score (nSPS) is 21.7. The highest BCUT2D eigenvalue weighted by atomic mass is 31.1. The molecule has 2 aromatic carbocycles. The number of benzene rings is 2. The number of hydrogen-bond acceptors (Lipinski definition) is 0. The van der Waals surface area contributed by atoms with Gasteiger partial charge in [-0.25, -0.2) is 0 Å². The van der Waals surface area contributed by atoms with Gasteiger partial charge in [0.25, 0.3) is 0 Å². The lowest BCUT2D eigenvalue weighted by molar-refractivity contribution is 0.527. The minimum absolute atomic E-state index is 0.0938. The van der Waals surface area contributed by atoms with E-state index in [9.17, 15) is 0 Å². The topological polar surface area (TPSA) is 0 Å². The zero-order chi connectivity index (χ0) is 21.2. The van der Waals surface area contributed by atoms with Gasteiger partial charge in [0.05, 0.1) is 0 Å². The molecule has 0 N–H and O–H groups in total. The van der Waals surface area contributed by atoms with Crippen molar-refractivity contribution >= 4 is 26.5 Å². The van der Waals surface area contributed by atoms with Gasteiger partial charge in [0.1, 0.15) is 0 Å². The smallest absolute Gasteiger partial charge is 0.00945 e. The van der Waals surface area contributed by atoms with E-state index in [4.69, 9.17) is 0 Å². The van der Waals surface area contributed by atoms with Gasteiger partial charge in [-0.15, -0.1) is 0 Å². The molecule has 3 rings (SSSR count). The van der Waals surface area contributed by atoms with Crippen molar-refractivity contribution in [3.63, 3.8) is 0 Å². The van der Waals surface area contributed by atoms with Crippen LogP contribution in [0.3, 0.4) is 0 Å². The highest BCUT2D eigenvalue weighted by Gasteiger charge is 2.46. The van der Waals surface area contributed by atoms with Crippen molar-refractivity contribution in [1.29, 1.82) is 0 Å². The Morgan fingerprint density at radius 2 is 1.17 bits per heavy atom. The number of hydrogen-bond donors (Lipinski definition) is 0. The molecule has 0 spiro atoms.